The van der Waals surface area contributed by atoms with Gasteiger partial charge in [0.25, 0.3) is 0 Å². The van der Waals surface area contributed by atoms with Gasteiger partial charge in [0.1, 0.15) is 11.0 Å². The van der Waals surface area contributed by atoms with Gasteiger partial charge in [-0.15, -0.1) is 11.3 Å². The molecule has 3 aromatic rings. The lowest BCUT2D eigenvalue weighted by atomic mass is 9.89. The number of methoxy groups -OCH3 is 1. The van der Waals surface area contributed by atoms with Crippen LogP contribution in [-0.2, 0) is 21.2 Å². The SMILES string of the molecule is COc1cncc(-c2ccc(NC(=O)C(C)(C)c3csc(NS(=O)C4CC4)n3)cc2)n1. The van der Waals surface area contributed by atoms with Gasteiger partial charge in [-0.05, 0) is 38.8 Å². The van der Waals surface area contributed by atoms with E-state index in [1.54, 1.807) is 19.5 Å². The molecule has 1 fully saturated rings. The normalized spacial score (nSPS) is 14.7. The fourth-order valence-corrected chi connectivity index (χ4v) is 4.88. The van der Waals surface area contributed by atoms with E-state index in [1.807, 2.05) is 43.5 Å². The summed E-state index contributed by atoms with van der Waals surface area (Å²) in [6.07, 6.45) is 5.16. The summed E-state index contributed by atoms with van der Waals surface area (Å²) in [5.74, 6) is 0.260. The molecular weight excluding hydrogens is 434 g/mol. The van der Waals surface area contributed by atoms with Crippen LogP contribution in [0.15, 0.2) is 42.0 Å². The number of nitrogens with one attached hydrogen (secondary N) is 2. The molecule has 162 valence electrons. The van der Waals surface area contributed by atoms with Gasteiger partial charge >= 0.3 is 0 Å². The van der Waals surface area contributed by atoms with Crippen LogP contribution in [0, 0.1) is 0 Å². The molecule has 1 atom stereocenters. The number of amides is 1. The minimum Gasteiger partial charge on any atom is -0.480 e. The first-order valence-corrected chi connectivity index (χ1v) is 11.9. The number of rotatable bonds is 8. The molecule has 1 saturated carbocycles. The van der Waals surface area contributed by atoms with Crippen molar-refractivity contribution in [3.8, 4) is 17.1 Å². The molecule has 2 heterocycles. The van der Waals surface area contributed by atoms with E-state index in [2.05, 4.69) is 25.0 Å². The first-order valence-electron chi connectivity index (χ1n) is 9.78. The van der Waals surface area contributed by atoms with Gasteiger partial charge in [0.15, 0.2) is 5.13 Å². The molecule has 0 spiro atoms. The Hall–Kier alpha value is -2.85. The van der Waals surface area contributed by atoms with Crippen molar-refractivity contribution >= 4 is 39.0 Å². The second-order valence-electron chi connectivity index (χ2n) is 7.74. The molecule has 2 aromatic heterocycles. The van der Waals surface area contributed by atoms with Crippen molar-refractivity contribution < 1.29 is 13.7 Å². The van der Waals surface area contributed by atoms with Crippen molar-refractivity contribution in [2.75, 3.05) is 17.1 Å². The van der Waals surface area contributed by atoms with Crippen molar-refractivity contribution in [2.24, 2.45) is 0 Å². The minimum atomic E-state index is -1.11. The van der Waals surface area contributed by atoms with Gasteiger partial charge in [-0.25, -0.2) is 14.2 Å². The highest BCUT2D eigenvalue weighted by Crippen LogP contribution is 2.31. The van der Waals surface area contributed by atoms with Crippen LogP contribution >= 0.6 is 11.3 Å². The molecule has 1 amide bonds. The number of anilines is 2. The summed E-state index contributed by atoms with van der Waals surface area (Å²) >= 11 is 1.36. The van der Waals surface area contributed by atoms with Crippen LogP contribution in [0.5, 0.6) is 5.88 Å². The van der Waals surface area contributed by atoms with Crippen molar-refractivity contribution in [1.82, 2.24) is 15.0 Å². The van der Waals surface area contributed by atoms with Crippen molar-refractivity contribution in [2.45, 2.75) is 37.4 Å². The third kappa shape index (κ3) is 4.91. The molecule has 1 unspecified atom stereocenters. The maximum atomic E-state index is 13.0. The Labute approximate surface area is 187 Å². The average Bonchev–Trinajstić information content (AvgIpc) is 3.53. The second-order valence-corrected chi connectivity index (χ2v) is 10.1. The summed E-state index contributed by atoms with van der Waals surface area (Å²) in [7, 11) is 0.436. The maximum Gasteiger partial charge on any atom is 0.236 e. The second kappa shape index (κ2) is 8.72. The maximum absolute atomic E-state index is 13.0. The molecule has 0 aliphatic heterocycles. The Kier molecular flexibility index (Phi) is 6.01. The van der Waals surface area contributed by atoms with Crippen LogP contribution < -0.4 is 14.8 Å². The number of ether oxygens (including phenoxy) is 1. The lowest BCUT2D eigenvalue weighted by Crippen LogP contribution is -2.35. The summed E-state index contributed by atoms with van der Waals surface area (Å²) in [6, 6.07) is 7.36. The van der Waals surface area contributed by atoms with Crippen molar-refractivity contribution in [1.29, 1.82) is 0 Å². The van der Waals surface area contributed by atoms with E-state index in [0.29, 0.717) is 28.1 Å². The highest BCUT2D eigenvalue weighted by atomic mass is 32.2. The molecular formula is C21H23N5O3S2. The number of thiazole rings is 1. The summed E-state index contributed by atoms with van der Waals surface area (Å²) in [4.78, 5) is 25.9. The quantitative estimate of drug-likeness (QED) is 0.533. The van der Waals surface area contributed by atoms with Crippen molar-refractivity contribution in [3.05, 3.63) is 47.7 Å². The van der Waals surface area contributed by atoms with E-state index in [4.69, 9.17) is 4.74 Å². The Morgan fingerprint density at radius 1 is 1.19 bits per heavy atom. The van der Waals surface area contributed by atoms with E-state index in [0.717, 1.165) is 18.4 Å². The number of hydrogen-bond acceptors (Lipinski definition) is 7. The van der Waals surface area contributed by atoms with E-state index in [-0.39, 0.29) is 11.2 Å². The molecule has 1 aliphatic carbocycles. The van der Waals surface area contributed by atoms with Gasteiger partial charge in [0.2, 0.25) is 11.8 Å². The van der Waals surface area contributed by atoms with Gasteiger partial charge in [-0.3, -0.25) is 14.5 Å². The first kappa shape index (κ1) is 21.4. The fourth-order valence-electron chi connectivity index (χ4n) is 2.77. The van der Waals surface area contributed by atoms with E-state index in [9.17, 15) is 9.00 Å². The molecule has 0 saturated heterocycles. The Morgan fingerprint density at radius 3 is 2.61 bits per heavy atom. The summed E-state index contributed by atoms with van der Waals surface area (Å²) < 4.78 is 20.1. The first-order chi connectivity index (χ1) is 14.9. The van der Waals surface area contributed by atoms with E-state index >= 15 is 0 Å². The lowest BCUT2D eigenvalue weighted by Gasteiger charge is -2.21. The molecule has 2 N–H and O–H groups in total. The topological polar surface area (TPSA) is 106 Å². The smallest absolute Gasteiger partial charge is 0.236 e. The van der Waals surface area contributed by atoms with Crippen LogP contribution in [-0.4, -0.2) is 37.4 Å². The van der Waals surface area contributed by atoms with Gasteiger partial charge in [0.05, 0.1) is 41.6 Å². The average molecular weight is 458 g/mol. The van der Waals surface area contributed by atoms with Crippen LogP contribution in [0.3, 0.4) is 0 Å². The third-order valence-electron chi connectivity index (χ3n) is 4.99. The standard InChI is InChI=1S/C21H23N5O3S2/c1-21(2,17-12-30-20(25-17)26-31(28)15-8-9-15)19(27)23-14-6-4-13(5-7-14)16-10-22-11-18(24-16)29-3/h4-7,10-12,15H,8-9H2,1-3H3,(H,23,27)(H,25,26). The largest absolute Gasteiger partial charge is 0.480 e. The molecule has 0 radical (unpaired) electrons. The van der Waals surface area contributed by atoms with Crippen LogP contribution in [0.1, 0.15) is 32.4 Å². The Bertz CT molecular complexity index is 1110. The van der Waals surface area contributed by atoms with Crippen LogP contribution in [0.25, 0.3) is 11.3 Å². The molecule has 4 rings (SSSR count). The third-order valence-corrected chi connectivity index (χ3v) is 7.35. The minimum absolute atomic E-state index is 0.179. The summed E-state index contributed by atoms with van der Waals surface area (Å²) in [6.45, 7) is 3.64. The van der Waals surface area contributed by atoms with Gasteiger partial charge in [-0.2, -0.15) is 0 Å². The Balaban J connectivity index is 1.43. The predicted molar refractivity (Wildman–Crippen MR) is 123 cm³/mol. The molecule has 31 heavy (non-hydrogen) atoms. The monoisotopic (exact) mass is 457 g/mol. The summed E-state index contributed by atoms with van der Waals surface area (Å²) in [5, 5.41) is 5.57. The van der Waals surface area contributed by atoms with Crippen molar-refractivity contribution in [3.63, 3.8) is 0 Å². The van der Waals surface area contributed by atoms with Crippen LogP contribution in [0.4, 0.5) is 10.8 Å². The number of nitrogens with zero attached hydrogens (tertiary/aromatic N) is 3. The zero-order valence-electron chi connectivity index (χ0n) is 17.4. The highest BCUT2D eigenvalue weighted by Gasteiger charge is 2.33. The molecule has 8 nitrogen and oxygen atoms in total. The van der Waals surface area contributed by atoms with Gasteiger partial charge in [0, 0.05) is 16.6 Å². The number of benzene rings is 1. The van der Waals surface area contributed by atoms with Crippen LogP contribution in [0.2, 0.25) is 0 Å². The number of carbonyl (C=O) groups is 1. The lowest BCUT2D eigenvalue weighted by molar-refractivity contribution is -0.120. The zero-order chi connectivity index (χ0) is 22.0. The molecule has 1 aliphatic rings. The van der Waals surface area contributed by atoms with E-state index < -0.39 is 16.4 Å². The predicted octanol–water partition coefficient (Wildman–Crippen LogP) is 3.76. The molecule has 1 aromatic carbocycles. The number of aromatic nitrogens is 3. The number of hydrogen-bond donors (Lipinski definition) is 2. The molecule has 10 heteroatoms. The number of carbonyl (C=O) groups excluding carboxylic acids is 1. The van der Waals surface area contributed by atoms with Gasteiger partial charge in [-0.1, -0.05) is 12.1 Å². The Morgan fingerprint density at radius 2 is 1.94 bits per heavy atom. The van der Waals surface area contributed by atoms with E-state index in [1.165, 1.54) is 11.3 Å². The summed E-state index contributed by atoms with van der Waals surface area (Å²) in [5.41, 5.74) is 2.00. The fraction of sp³-hybridized carbons (Fsp3) is 0.333. The van der Waals surface area contributed by atoms with Gasteiger partial charge < -0.3 is 10.1 Å². The highest BCUT2D eigenvalue weighted by molar-refractivity contribution is 7.87. The molecule has 0 bridgehead atoms. The zero-order valence-corrected chi connectivity index (χ0v) is 19.0.